The summed E-state index contributed by atoms with van der Waals surface area (Å²) in [5, 5.41) is 3.80. The number of carbonyl (C=O) groups excluding carboxylic acids is 1. The number of fused-ring (bicyclic) bond motifs is 1. The predicted octanol–water partition coefficient (Wildman–Crippen LogP) is 4.02. The van der Waals surface area contributed by atoms with Crippen LogP contribution in [0.25, 0.3) is 10.9 Å². The van der Waals surface area contributed by atoms with Crippen molar-refractivity contribution in [2.75, 3.05) is 25.6 Å². The van der Waals surface area contributed by atoms with E-state index in [2.05, 4.69) is 10.3 Å². The highest BCUT2D eigenvalue weighted by molar-refractivity contribution is 6.02. The van der Waals surface area contributed by atoms with Crippen molar-refractivity contribution in [3.63, 3.8) is 0 Å². The molecule has 0 aliphatic carbocycles. The Hall–Kier alpha value is -2.96. The smallest absolute Gasteiger partial charge is 0.253 e. The Morgan fingerprint density at radius 2 is 2.04 bits per heavy atom. The van der Waals surface area contributed by atoms with Crippen LogP contribution in [0.15, 0.2) is 60.8 Å². The number of nitrogens with zero attached hydrogens (tertiary/aromatic N) is 1. The molecule has 2 aromatic carbocycles. The first kappa shape index (κ1) is 18.4. The number of aromatic nitrogens is 1. The number of amides is 1. The van der Waals surface area contributed by atoms with Gasteiger partial charge in [-0.25, -0.2) is 0 Å². The van der Waals surface area contributed by atoms with E-state index in [-0.39, 0.29) is 11.8 Å². The van der Waals surface area contributed by atoms with Gasteiger partial charge in [0, 0.05) is 31.2 Å². The van der Waals surface area contributed by atoms with Gasteiger partial charge in [0.15, 0.2) is 0 Å². The Bertz CT molecular complexity index is 955. The van der Waals surface area contributed by atoms with Crippen LogP contribution in [0.4, 0.5) is 5.69 Å². The first-order chi connectivity index (χ1) is 13.7. The highest BCUT2D eigenvalue weighted by Crippen LogP contribution is 2.29. The van der Waals surface area contributed by atoms with Crippen LogP contribution in [0, 0.1) is 5.92 Å². The molecule has 0 radical (unpaired) electrons. The standard InChI is InChI=1S/C22H22N2O4/c1-26-21(15-10-12-27-14-15)22(25)24-20-9-11-23-19-8-7-17(13-18(19)20)28-16-5-3-2-4-6-16/h2-9,11,13,15,21H,10,12,14H2,1H3,(H,23,24,25). The minimum Gasteiger partial charge on any atom is -0.457 e. The summed E-state index contributed by atoms with van der Waals surface area (Å²) in [4.78, 5) is 17.2. The predicted molar refractivity (Wildman–Crippen MR) is 107 cm³/mol. The summed E-state index contributed by atoms with van der Waals surface area (Å²) >= 11 is 0. The SMILES string of the molecule is COC(C(=O)Nc1ccnc2ccc(Oc3ccccc3)cc12)C1CCOC1. The van der Waals surface area contributed by atoms with E-state index in [0.29, 0.717) is 24.7 Å². The van der Waals surface area contributed by atoms with E-state index in [1.807, 2.05) is 48.5 Å². The maximum absolute atomic E-state index is 12.8. The van der Waals surface area contributed by atoms with Gasteiger partial charge in [-0.1, -0.05) is 18.2 Å². The summed E-state index contributed by atoms with van der Waals surface area (Å²) < 4.78 is 16.8. The highest BCUT2D eigenvalue weighted by Gasteiger charge is 2.31. The number of anilines is 1. The van der Waals surface area contributed by atoms with Crippen LogP contribution in [0.3, 0.4) is 0 Å². The summed E-state index contributed by atoms with van der Waals surface area (Å²) in [5.74, 6) is 1.31. The molecule has 6 nitrogen and oxygen atoms in total. The summed E-state index contributed by atoms with van der Waals surface area (Å²) in [7, 11) is 1.55. The lowest BCUT2D eigenvalue weighted by Gasteiger charge is -2.20. The Balaban J connectivity index is 1.59. The second-order valence-electron chi connectivity index (χ2n) is 6.72. The van der Waals surface area contributed by atoms with Crippen molar-refractivity contribution in [1.82, 2.24) is 4.98 Å². The molecule has 6 heteroatoms. The monoisotopic (exact) mass is 378 g/mol. The average Bonchev–Trinajstić information content (AvgIpc) is 3.24. The summed E-state index contributed by atoms with van der Waals surface area (Å²) in [6.07, 6.45) is 1.95. The van der Waals surface area contributed by atoms with Gasteiger partial charge in [0.25, 0.3) is 5.91 Å². The largest absolute Gasteiger partial charge is 0.457 e. The minimum atomic E-state index is -0.547. The third kappa shape index (κ3) is 3.98. The molecule has 1 aromatic heterocycles. The molecule has 0 saturated carbocycles. The maximum atomic E-state index is 12.8. The molecule has 0 spiro atoms. The molecule has 3 aromatic rings. The molecule has 28 heavy (non-hydrogen) atoms. The molecule has 144 valence electrons. The van der Waals surface area contributed by atoms with Gasteiger partial charge in [0.05, 0.1) is 17.8 Å². The van der Waals surface area contributed by atoms with Crippen LogP contribution in [0.5, 0.6) is 11.5 Å². The fourth-order valence-electron chi connectivity index (χ4n) is 3.43. The molecule has 1 amide bonds. The lowest BCUT2D eigenvalue weighted by atomic mass is 10.0. The Kier molecular flexibility index (Phi) is 5.50. The number of hydrogen-bond acceptors (Lipinski definition) is 5. The molecule has 1 aliphatic rings. The molecule has 0 bridgehead atoms. The summed E-state index contributed by atoms with van der Waals surface area (Å²) in [6.45, 7) is 1.20. The topological polar surface area (TPSA) is 69.7 Å². The van der Waals surface area contributed by atoms with Crippen LogP contribution < -0.4 is 10.1 Å². The van der Waals surface area contributed by atoms with E-state index in [1.165, 1.54) is 0 Å². The first-order valence-corrected chi connectivity index (χ1v) is 9.27. The molecule has 4 rings (SSSR count). The zero-order chi connectivity index (χ0) is 19.3. The van der Waals surface area contributed by atoms with Gasteiger partial charge in [-0.05, 0) is 42.8 Å². The van der Waals surface area contributed by atoms with E-state index < -0.39 is 6.10 Å². The lowest BCUT2D eigenvalue weighted by molar-refractivity contribution is -0.128. The molecule has 1 fully saturated rings. The Labute approximate surface area is 163 Å². The molecular weight excluding hydrogens is 356 g/mol. The molecule has 2 atom stereocenters. The highest BCUT2D eigenvalue weighted by atomic mass is 16.5. The normalized spacial score (nSPS) is 17.4. The number of rotatable bonds is 6. The molecule has 1 saturated heterocycles. The van der Waals surface area contributed by atoms with Crippen LogP contribution in [-0.4, -0.2) is 37.3 Å². The van der Waals surface area contributed by atoms with Crippen LogP contribution in [0.2, 0.25) is 0 Å². The summed E-state index contributed by atoms with van der Waals surface area (Å²) in [6, 6.07) is 17.0. The third-order valence-electron chi connectivity index (χ3n) is 4.86. The van der Waals surface area contributed by atoms with Crippen LogP contribution >= 0.6 is 0 Å². The van der Waals surface area contributed by atoms with Crippen molar-refractivity contribution in [3.05, 3.63) is 60.8 Å². The van der Waals surface area contributed by atoms with Crippen molar-refractivity contribution in [1.29, 1.82) is 0 Å². The number of para-hydroxylation sites is 1. The second kappa shape index (κ2) is 8.37. The van der Waals surface area contributed by atoms with Crippen LogP contribution in [-0.2, 0) is 14.3 Å². The van der Waals surface area contributed by atoms with Gasteiger partial charge >= 0.3 is 0 Å². The Morgan fingerprint density at radius 3 is 2.79 bits per heavy atom. The first-order valence-electron chi connectivity index (χ1n) is 9.27. The van der Waals surface area contributed by atoms with Crippen molar-refractivity contribution in [3.8, 4) is 11.5 Å². The fraction of sp³-hybridized carbons (Fsp3) is 0.273. The lowest BCUT2D eigenvalue weighted by Crippen LogP contribution is -2.36. The maximum Gasteiger partial charge on any atom is 0.253 e. The van der Waals surface area contributed by atoms with Gasteiger partial charge in [-0.15, -0.1) is 0 Å². The number of carbonyl (C=O) groups is 1. The molecule has 1 aliphatic heterocycles. The van der Waals surface area contributed by atoms with Crippen LogP contribution in [0.1, 0.15) is 6.42 Å². The number of ether oxygens (including phenoxy) is 3. The quantitative estimate of drug-likeness (QED) is 0.702. The zero-order valence-electron chi connectivity index (χ0n) is 15.6. The van der Waals surface area contributed by atoms with Crippen molar-refractivity contribution >= 4 is 22.5 Å². The summed E-state index contributed by atoms with van der Waals surface area (Å²) in [5.41, 5.74) is 1.45. The van der Waals surface area contributed by atoms with Gasteiger partial charge in [0.1, 0.15) is 17.6 Å². The number of nitrogens with one attached hydrogen (secondary N) is 1. The third-order valence-corrected chi connectivity index (χ3v) is 4.86. The molecule has 1 N–H and O–H groups in total. The second-order valence-corrected chi connectivity index (χ2v) is 6.72. The molecule has 2 heterocycles. The van der Waals surface area contributed by atoms with Gasteiger partial charge in [-0.2, -0.15) is 0 Å². The number of hydrogen-bond donors (Lipinski definition) is 1. The fourth-order valence-corrected chi connectivity index (χ4v) is 3.43. The van der Waals surface area contributed by atoms with Gasteiger partial charge in [0.2, 0.25) is 0 Å². The van der Waals surface area contributed by atoms with E-state index in [4.69, 9.17) is 14.2 Å². The van der Waals surface area contributed by atoms with Crippen molar-refractivity contribution in [2.24, 2.45) is 5.92 Å². The number of pyridine rings is 1. The van der Waals surface area contributed by atoms with E-state index in [1.54, 1.807) is 19.4 Å². The van der Waals surface area contributed by atoms with E-state index >= 15 is 0 Å². The zero-order valence-corrected chi connectivity index (χ0v) is 15.6. The van der Waals surface area contributed by atoms with E-state index in [9.17, 15) is 4.79 Å². The van der Waals surface area contributed by atoms with Gasteiger partial charge in [-0.3, -0.25) is 9.78 Å². The Morgan fingerprint density at radius 1 is 1.18 bits per heavy atom. The van der Waals surface area contributed by atoms with Gasteiger partial charge < -0.3 is 19.5 Å². The molecular formula is C22H22N2O4. The van der Waals surface area contributed by atoms with Crippen molar-refractivity contribution < 1.29 is 19.0 Å². The number of methoxy groups -OCH3 is 1. The minimum absolute atomic E-state index is 0.0649. The average molecular weight is 378 g/mol. The molecule has 2 unspecified atom stereocenters. The number of benzene rings is 2. The van der Waals surface area contributed by atoms with E-state index in [0.717, 1.165) is 23.1 Å². The van der Waals surface area contributed by atoms with Crippen molar-refractivity contribution in [2.45, 2.75) is 12.5 Å².